The van der Waals surface area contributed by atoms with E-state index in [0.717, 1.165) is 17.1 Å². The van der Waals surface area contributed by atoms with Crippen molar-refractivity contribution in [3.63, 3.8) is 0 Å². The Bertz CT molecular complexity index is 1460. The number of benzene rings is 2. The zero-order valence-corrected chi connectivity index (χ0v) is 21.8. The molecule has 1 fully saturated rings. The number of nitrogens with zero attached hydrogens (tertiary/aromatic N) is 3. The van der Waals surface area contributed by atoms with Gasteiger partial charge in [0.1, 0.15) is 29.1 Å². The van der Waals surface area contributed by atoms with Crippen LogP contribution < -0.4 is 19.7 Å². The second kappa shape index (κ2) is 10.5. The van der Waals surface area contributed by atoms with E-state index < -0.39 is 4.92 Å². The van der Waals surface area contributed by atoms with Crippen LogP contribution in [0.5, 0.6) is 11.5 Å². The van der Waals surface area contributed by atoms with Gasteiger partial charge in [0.05, 0.1) is 41.5 Å². The molecule has 2 aromatic heterocycles. The second-order valence-corrected chi connectivity index (χ2v) is 9.39. The third-order valence-corrected chi connectivity index (χ3v) is 6.48. The minimum absolute atomic E-state index is 0.0611. The van der Waals surface area contributed by atoms with Crippen LogP contribution in [0.3, 0.4) is 0 Å². The van der Waals surface area contributed by atoms with Crippen molar-refractivity contribution in [3.8, 4) is 22.8 Å². The molecule has 10 heteroatoms. The zero-order valence-electron chi connectivity index (χ0n) is 21.0. The van der Waals surface area contributed by atoms with Crippen LogP contribution >= 0.6 is 12.2 Å². The quantitative estimate of drug-likeness (QED) is 0.161. The number of nitro benzene ring substituents is 1. The molecule has 1 saturated heterocycles. The van der Waals surface area contributed by atoms with E-state index >= 15 is 0 Å². The average Bonchev–Trinajstić information content (AvgIpc) is 3.53. The summed E-state index contributed by atoms with van der Waals surface area (Å²) in [5.41, 5.74) is 2.23. The molecule has 0 spiro atoms. The first-order valence-electron chi connectivity index (χ1n) is 12.1. The van der Waals surface area contributed by atoms with Crippen LogP contribution in [0.15, 0.2) is 83.4 Å². The van der Waals surface area contributed by atoms with E-state index in [0.29, 0.717) is 27.9 Å². The number of thiocarbonyl (C=S) groups is 1. The Kier molecular flexibility index (Phi) is 6.97. The molecule has 1 N–H and O–H groups in total. The number of anilines is 1. The number of nitrogens with one attached hydrogen (secondary N) is 1. The molecule has 0 saturated carbocycles. The van der Waals surface area contributed by atoms with Crippen LogP contribution in [0.25, 0.3) is 11.3 Å². The van der Waals surface area contributed by atoms with Gasteiger partial charge in [-0.15, -0.1) is 0 Å². The van der Waals surface area contributed by atoms with Crippen molar-refractivity contribution in [2.45, 2.75) is 32.0 Å². The van der Waals surface area contributed by atoms with E-state index in [9.17, 15) is 10.1 Å². The monoisotopic (exact) mass is 530 g/mol. The maximum absolute atomic E-state index is 11.2. The number of aromatic nitrogens is 1. The lowest BCUT2D eigenvalue weighted by Gasteiger charge is -2.26. The third kappa shape index (κ3) is 4.90. The number of furan rings is 1. The smallest absolute Gasteiger partial charge is 0.273 e. The van der Waals surface area contributed by atoms with Gasteiger partial charge in [0, 0.05) is 18.0 Å². The van der Waals surface area contributed by atoms with Gasteiger partial charge in [0.15, 0.2) is 5.11 Å². The number of nitro groups is 1. The molecule has 0 amide bonds. The summed E-state index contributed by atoms with van der Waals surface area (Å²) in [6.45, 7) is 3.96. The van der Waals surface area contributed by atoms with Crippen LogP contribution in [0, 0.1) is 10.1 Å². The number of hydrogen-bond donors (Lipinski definition) is 1. The Labute approximate surface area is 225 Å². The van der Waals surface area contributed by atoms with Crippen molar-refractivity contribution in [1.82, 2.24) is 10.3 Å². The van der Waals surface area contributed by atoms with Gasteiger partial charge < -0.3 is 24.1 Å². The van der Waals surface area contributed by atoms with Gasteiger partial charge in [-0.2, -0.15) is 0 Å². The topological polar surface area (TPSA) is 103 Å². The molecule has 2 atom stereocenters. The van der Waals surface area contributed by atoms with Gasteiger partial charge in [0.2, 0.25) is 0 Å². The fraction of sp³-hybridized carbons (Fsp3) is 0.214. The van der Waals surface area contributed by atoms with Gasteiger partial charge in [-0.1, -0.05) is 6.07 Å². The molecule has 0 bridgehead atoms. The van der Waals surface area contributed by atoms with Crippen LogP contribution in [-0.4, -0.2) is 28.2 Å². The lowest BCUT2D eigenvalue weighted by atomic mass is 10.0. The minimum Gasteiger partial charge on any atom is -0.496 e. The first kappa shape index (κ1) is 25.2. The number of pyridine rings is 1. The maximum atomic E-state index is 11.2. The standard InChI is InChI=1S/C28H26N4O5S/c1-17(2)36-20-10-7-18(8-11-20)31-27(26(30-28(31)38)22-6-4-5-15-29-22)24-14-13-23(37-24)21-12-9-19(32(33)34)16-25(21)35-3/h4-17,26-27H,1-3H3,(H,30,38)/t26-,27-/m1/s1. The van der Waals surface area contributed by atoms with Crippen molar-refractivity contribution in [1.29, 1.82) is 0 Å². The molecule has 2 aromatic carbocycles. The average molecular weight is 531 g/mol. The molecule has 0 unspecified atom stereocenters. The summed E-state index contributed by atoms with van der Waals surface area (Å²) in [5, 5.41) is 15.2. The molecule has 0 aliphatic carbocycles. The van der Waals surface area contributed by atoms with Gasteiger partial charge in [0.25, 0.3) is 5.69 Å². The normalized spacial score (nSPS) is 16.9. The summed E-state index contributed by atoms with van der Waals surface area (Å²) in [4.78, 5) is 17.3. The number of rotatable bonds is 8. The Hall–Kier alpha value is -4.44. The number of hydrogen-bond acceptors (Lipinski definition) is 7. The molecule has 0 radical (unpaired) electrons. The summed E-state index contributed by atoms with van der Waals surface area (Å²) >= 11 is 5.79. The zero-order chi connectivity index (χ0) is 26.8. The summed E-state index contributed by atoms with van der Waals surface area (Å²) in [5.74, 6) is 2.28. The summed E-state index contributed by atoms with van der Waals surface area (Å²) in [6, 6.07) is 21.0. The number of methoxy groups -OCH3 is 1. The van der Waals surface area contributed by atoms with Gasteiger partial charge in [-0.25, -0.2) is 0 Å². The fourth-order valence-corrected chi connectivity index (χ4v) is 4.88. The van der Waals surface area contributed by atoms with E-state index in [-0.39, 0.29) is 23.9 Å². The van der Waals surface area contributed by atoms with E-state index in [2.05, 4.69) is 10.3 Å². The van der Waals surface area contributed by atoms with Crippen LogP contribution in [0.2, 0.25) is 0 Å². The van der Waals surface area contributed by atoms with Crippen molar-refractivity contribution >= 4 is 28.7 Å². The Morgan fingerprint density at radius 2 is 1.89 bits per heavy atom. The lowest BCUT2D eigenvalue weighted by Crippen LogP contribution is -2.29. The van der Waals surface area contributed by atoms with Crippen molar-refractivity contribution in [3.05, 3.63) is 101 Å². The molecular weight excluding hydrogens is 504 g/mol. The van der Waals surface area contributed by atoms with E-state index in [1.54, 1.807) is 12.3 Å². The maximum Gasteiger partial charge on any atom is 0.273 e. The highest BCUT2D eigenvalue weighted by Gasteiger charge is 2.42. The first-order valence-corrected chi connectivity index (χ1v) is 12.5. The van der Waals surface area contributed by atoms with Crippen LogP contribution in [0.1, 0.15) is 37.4 Å². The molecule has 9 nitrogen and oxygen atoms in total. The van der Waals surface area contributed by atoms with E-state index in [1.807, 2.05) is 73.3 Å². The molecule has 1 aliphatic rings. The molecule has 1 aliphatic heterocycles. The van der Waals surface area contributed by atoms with Crippen molar-refractivity contribution in [2.24, 2.45) is 0 Å². The first-order chi connectivity index (χ1) is 18.4. The third-order valence-electron chi connectivity index (χ3n) is 6.16. The van der Waals surface area contributed by atoms with E-state index in [1.165, 1.54) is 19.2 Å². The van der Waals surface area contributed by atoms with Crippen molar-refractivity contribution < 1.29 is 18.8 Å². The summed E-state index contributed by atoms with van der Waals surface area (Å²) in [7, 11) is 1.47. The minimum atomic E-state index is -0.460. The highest BCUT2D eigenvalue weighted by molar-refractivity contribution is 7.80. The molecule has 38 heavy (non-hydrogen) atoms. The largest absolute Gasteiger partial charge is 0.496 e. The number of ether oxygens (including phenoxy) is 2. The highest BCUT2D eigenvalue weighted by atomic mass is 32.1. The summed E-state index contributed by atoms with van der Waals surface area (Å²) < 4.78 is 17.6. The van der Waals surface area contributed by atoms with Gasteiger partial charge in [-0.05, 0) is 80.7 Å². The SMILES string of the molecule is COc1cc([N+](=O)[O-])ccc1-c1ccc([C@@H]2[C@@H](c3ccccn3)NC(=S)N2c2ccc(OC(C)C)cc2)o1. The molecular formula is C28H26N4O5S. The molecule has 3 heterocycles. The Morgan fingerprint density at radius 1 is 1.11 bits per heavy atom. The van der Waals surface area contributed by atoms with Crippen molar-refractivity contribution in [2.75, 3.05) is 12.0 Å². The fourth-order valence-electron chi connectivity index (χ4n) is 4.53. The highest BCUT2D eigenvalue weighted by Crippen LogP contribution is 2.44. The lowest BCUT2D eigenvalue weighted by molar-refractivity contribution is -0.384. The Balaban J connectivity index is 1.56. The molecule has 4 aromatic rings. The Morgan fingerprint density at radius 3 is 2.55 bits per heavy atom. The summed E-state index contributed by atoms with van der Waals surface area (Å²) in [6.07, 6.45) is 1.81. The number of non-ortho nitro benzene ring substituents is 1. The van der Waals surface area contributed by atoms with E-state index in [4.69, 9.17) is 26.1 Å². The predicted octanol–water partition coefficient (Wildman–Crippen LogP) is 6.22. The molecule has 5 rings (SSSR count). The molecule has 194 valence electrons. The van der Waals surface area contributed by atoms with Gasteiger partial charge >= 0.3 is 0 Å². The predicted molar refractivity (Wildman–Crippen MR) is 147 cm³/mol. The second-order valence-electron chi connectivity index (χ2n) is 9.00. The van der Waals surface area contributed by atoms with Crippen LogP contribution in [0.4, 0.5) is 11.4 Å². The van der Waals surface area contributed by atoms with Crippen LogP contribution in [-0.2, 0) is 0 Å². The van der Waals surface area contributed by atoms with Gasteiger partial charge in [-0.3, -0.25) is 15.1 Å².